The number of fused-ring (bicyclic) bond motifs is 20. The highest BCUT2D eigenvalue weighted by Gasteiger charge is 2.25. The van der Waals surface area contributed by atoms with Crippen molar-refractivity contribution in [3.63, 3.8) is 0 Å². The number of nitrogens with one attached hydrogen (secondary N) is 6. The van der Waals surface area contributed by atoms with Crippen LogP contribution in [0, 0.1) is 0 Å². The Hall–Kier alpha value is -10.2. The number of aromatic nitrogens is 12. The van der Waals surface area contributed by atoms with Crippen molar-refractivity contribution in [3.8, 4) is 0 Å². The number of hydrogen-bond donors (Lipinski definition) is 6. The Kier molecular flexibility index (Phi) is 6.05. The minimum atomic E-state index is 0.842. The van der Waals surface area contributed by atoms with E-state index >= 15 is 0 Å². The lowest BCUT2D eigenvalue weighted by Crippen LogP contribution is -1.85. The molecule has 15 heterocycles. The smallest absolute Gasteiger partial charge is 0.0817 e. The molecular formula is C60H30N12. The zero-order chi connectivity index (χ0) is 46.2. The first-order valence-corrected chi connectivity index (χ1v) is 24.1. The van der Waals surface area contributed by atoms with E-state index in [4.69, 9.17) is 29.9 Å². The van der Waals surface area contributed by atoms with E-state index in [2.05, 4.69) is 176 Å². The summed E-state index contributed by atoms with van der Waals surface area (Å²) >= 11 is 0. The third-order valence-corrected chi connectivity index (χ3v) is 15.4. The molecule has 0 saturated heterocycles. The second-order valence-corrected chi connectivity index (χ2v) is 19.8. The van der Waals surface area contributed by atoms with Crippen molar-refractivity contribution in [2.75, 3.05) is 0 Å². The number of aromatic amines is 6. The molecule has 2 aliphatic heterocycles. The molecule has 12 nitrogen and oxygen atoms in total. The summed E-state index contributed by atoms with van der Waals surface area (Å²) in [4.78, 5) is 54.8. The van der Waals surface area contributed by atoms with Crippen molar-refractivity contribution in [2.24, 2.45) is 0 Å². The van der Waals surface area contributed by atoms with Crippen molar-refractivity contribution >= 4 is 199 Å². The van der Waals surface area contributed by atoms with Gasteiger partial charge in [-0.15, -0.1) is 0 Å². The molecule has 0 radical (unpaired) electrons. The minimum Gasteiger partial charge on any atom is -0.355 e. The fourth-order valence-electron chi connectivity index (χ4n) is 12.5. The van der Waals surface area contributed by atoms with Gasteiger partial charge in [0.1, 0.15) is 0 Å². The Morgan fingerprint density at radius 3 is 0.806 bits per heavy atom. The molecule has 72 heavy (non-hydrogen) atoms. The number of H-pyrrole nitrogens is 6. The first-order chi connectivity index (χ1) is 35.5. The standard InChI is InChI=1S/C60H30N12/c1-5-29-11-33-17-41-45-21-37-15-38-23-47-43-19-35-13-31-7-3-27(63-31)10-28-4-8-32(64-28)14-36-20-44-48-24-40(72-60(48)52(59(47)71-38)50(55(43)67-35)56(44)68-36)16-39-22-46-42-18-34(12-30-6-2-26(62-30)9-25(1)61-29)66-54(42)49(53(41)65-33)51(57(45)69-37)58(46)70-39/h1-24,61,64,66-67,69,72H. The van der Waals surface area contributed by atoms with Crippen LogP contribution < -0.4 is 0 Å². The Bertz CT molecular complexity index is 5300. The predicted octanol–water partition coefficient (Wildman–Crippen LogP) is 14.6. The first-order valence-electron chi connectivity index (χ1n) is 24.1. The van der Waals surface area contributed by atoms with Crippen LogP contribution in [0.15, 0.2) is 121 Å². The Morgan fingerprint density at radius 2 is 0.486 bits per heavy atom. The van der Waals surface area contributed by atoms with Gasteiger partial charge in [-0.1, -0.05) is 0 Å². The van der Waals surface area contributed by atoms with Gasteiger partial charge in [-0.05, 0) is 146 Å². The number of hydrogen-bond acceptors (Lipinski definition) is 6. The van der Waals surface area contributed by atoms with Crippen LogP contribution in [0.3, 0.4) is 0 Å². The van der Waals surface area contributed by atoms with Crippen molar-refractivity contribution in [1.82, 2.24) is 59.8 Å². The van der Waals surface area contributed by atoms with Crippen molar-refractivity contribution < 1.29 is 0 Å². The van der Waals surface area contributed by atoms with E-state index < -0.39 is 0 Å². The van der Waals surface area contributed by atoms with Crippen LogP contribution in [-0.2, 0) is 0 Å². The van der Waals surface area contributed by atoms with Gasteiger partial charge in [0.15, 0.2) is 0 Å². The van der Waals surface area contributed by atoms with Crippen molar-refractivity contribution in [2.45, 2.75) is 0 Å². The Balaban J connectivity index is 1.03. The lowest BCUT2D eigenvalue weighted by atomic mass is 9.98. The molecule has 330 valence electrons. The third-order valence-electron chi connectivity index (χ3n) is 15.4. The van der Waals surface area contributed by atoms with Gasteiger partial charge in [-0.3, -0.25) is 0 Å². The van der Waals surface area contributed by atoms with Crippen molar-refractivity contribution in [3.05, 3.63) is 144 Å². The molecule has 24 bridgehead atoms. The average Bonchev–Trinajstić information content (AvgIpc) is 4.19. The summed E-state index contributed by atoms with van der Waals surface area (Å²) in [5, 5.41) is 12.6. The van der Waals surface area contributed by atoms with E-state index in [1.165, 1.54) is 0 Å². The zero-order valence-corrected chi connectivity index (χ0v) is 37.5. The third kappa shape index (κ3) is 4.70. The molecular weight excluding hydrogens is 889 g/mol. The first kappa shape index (κ1) is 35.9. The summed E-state index contributed by atoms with van der Waals surface area (Å²) in [6.45, 7) is 0. The summed E-state index contributed by atoms with van der Waals surface area (Å²) in [6.07, 6.45) is 8.24. The summed E-state index contributed by atoms with van der Waals surface area (Å²) < 4.78 is 0. The molecule has 0 amide bonds. The topological polar surface area (TPSA) is 172 Å². The summed E-state index contributed by atoms with van der Waals surface area (Å²) in [6, 6.07) is 43.2. The van der Waals surface area contributed by atoms with E-state index in [0.29, 0.717) is 0 Å². The van der Waals surface area contributed by atoms with Gasteiger partial charge < -0.3 is 29.9 Å². The van der Waals surface area contributed by atoms with Gasteiger partial charge in [0.2, 0.25) is 0 Å². The normalized spacial score (nSPS) is 13.4. The number of nitrogens with zero attached hydrogens (tertiary/aromatic N) is 6. The largest absolute Gasteiger partial charge is 0.355 e. The molecule has 0 saturated carbocycles. The molecule has 0 spiro atoms. The quantitative estimate of drug-likeness (QED) is 0.0883. The van der Waals surface area contributed by atoms with Crippen LogP contribution in [0.5, 0.6) is 0 Å². The number of rotatable bonds is 0. The molecule has 2 aliphatic rings. The maximum absolute atomic E-state index is 5.58. The van der Waals surface area contributed by atoms with E-state index in [9.17, 15) is 0 Å². The molecule has 0 unspecified atom stereocenters. The van der Waals surface area contributed by atoms with Crippen molar-refractivity contribution in [1.29, 1.82) is 0 Å². The maximum Gasteiger partial charge on any atom is 0.0817 e. The van der Waals surface area contributed by atoms with Crippen LogP contribution >= 0.6 is 0 Å². The molecule has 13 aromatic heterocycles. The van der Waals surface area contributed by atoms with Gasteiger partial charge in [-0.2, -0.15) is 0 Å². The summed E-state index contributed by atoms with van der Waals surface area (Å²) in [5.41, 5.74) is 22.2. The highest BCUT2D eigenvalue weighted by atomic mass is 14.8. The average molecular weight is 919 g/mol. The van der Waals surface area contributed by atoms with Gasteiger partial charge in [0.05, 0.1) is 89.0 Å². The Labute approximate surface area is 401 Å². The van der Waals surface area contributed by atoms with Crippen LogP contribution in [0.2, 0.25) is 0 Å². The molecule has 19 rings (SSSR count). The van der Waals surface area contributed by atoms with E-state index in [1.54, 1.807) is 0 Å². The lowest BCUT2D eigenvalue weighted by molar-refractivity contribution is 1.32. The van der Waals surface area contributed by atoms with Gasteiger partial charge in [-0.25, -0.2) is 29.9 Å². The fraction of sp³-hybridized carbons (Fsp3) is 0. The maximum atomic E-state index is 5.58. The monoisotopic (exact) mass is 918 g/mol. The molecule has 6 N–H and O–H groups in total. The van der Waals surface area contributed by atoms with Crippen LogP contribution in [0.4, 0.5) is 0 Å². The zero-order valence-electron chi connectivity index (χ0n) is 37.5. The van der Waals surface area contributed by atoms with Crippen LogP contribution in [-0.4, -0.2) is 59.8 Å². The molecule has 4 aromatic carbocycles. The van der Waals surface area contributed by atoms with Gasteiger partial charge in [0, 0.05) is 109 Å². The molecule has 17 aromatic rings. The molecule has 0 atom stereocenters. The van der Waals surface area contributed by atoms with Gasteiger partial charge in [0.25, 0.3) is 0 Å². The SMILES string of the molecule is C1=Cc2cc3cc4c5cc6cc7cc8c9cc%10cc%11ccc(cc%12nc(cc%13cc%14c%15cc(cc%16cc%17c%18cc(cc%19ccc(cc1n2)[nH]%19)nc%18c(c4[nH]3)c(c5n6)c%17[nH]%16)nc%15c(c8[nH]7)c(c9n%10)c%14[nH]%13)C=C%12)[nH]%11. The lowest BCUT2D eigenvalue weighted by Gasteiger charge is -2.07. The predicted molar refractivity (Wildman–Crippen MR) is 295 cm³/mol. The summed E-state index contributed by atoms with van der Waals surface area (Å²) in [5.74, 6) is 0. The fourth-order valence-corrected chi connectivity index (χ4v) is 12.5. The second kappa shape index (κ2) is 12.1. The van der Waals surface area contributed by atoms with Crippen LogP contribution in [0.1, 0.15) is 22.8 Å². The molecule has 12 heteroatoms. The highest BCUT2D eigenvalue weighted by Crippen LogP contribution is 2.47. The minimum absolute atomic E-state index is 0.842. The Morgan fingerprint density at radius 1 is 0.222 bits per heavy atom. The second-order valence-electron chi connectivity index (χ2n) is 19.8. The molecule has 0 fully saturated rings. The van der Waals surface area contributed by atoms with E-state index in [1.807, 2.05) is 0 Å². The highest BCUT2D eigenvalue weighted by molar-refractivity contribution is 6.41. The van der Waals surface area contributed by atoms with E-state index in [-0.39, 0.29) is 0 Å². The molecule has 0 aliphatic carbocycles. The van der Waals surface area contributed by atoms with Gasteiger partial charge >= 0.3 is 0 Å². The number of benzene rings is 4. The van der Waals surface area contributed by atoms with E-state index in [0.717, 1.165) is 198 Å². The van der Waals surface area contributed by atoms with Crippen LogP contribution in [0.25, 0.3) is 199 Å². The summed E-state index contributed by atoms with van der Waals surface area (Å²) in [7, 11) is 0.